The molecule has 0 aliphatic rings. The number of hydrogen-bond donors (Lipinski definition) is 1. The molecule has 0 aliphatic heterocycles. The summed E-state index contributed by atoms with van der Waals surface area (Å²) in [5, 5.41) is 7.00. The lowest BCUT2D eigenvalue weighted by Crippen LogP contribution is -1.86. The van der Waals surface area contributed by atoms with Gasteiger partial charge in [0.25, 0.3) is 0 Å². The average Bonchev–Trinajstić information content (AvgIpc) is 2.31. The first-order valence-electron chi connectivity index (χ1n) is 5.74. The molecule has 16 heavy (non-hydrogen) atoms. The van der Waals surface area contributed by atoms with E-state index in [0.717, 1.165) is 6.42 Å². The Bertz CT molecular complexity index is 400. The Morgan fingerprint density at radius 1 is 1.38 bits per heavy atom. The summed E-state index contributed by atoms with van der Waals surface area (Å²) in [5.74, 6) is 0. The minimum atomic E-state index is 1.12. The van der Waals surface area contributed by atoms with Crippen molar-refractivity contribution in [2.24, 2.45) is 0 Å². The first-order chi connectivity index (χ1) is 7.81. The summed E-state index contributed by atoms with van der Waals surface area (Å²) in [6.07, 6.45) is 9.40. The van der Waals surface area contributed by atoms with Gasteiger partial charge in [-0.2, -0.15) is 0 Å². The smallest absolute Gasteiger partial charge is 0.0177 e. The highest BCUT2D eigenvalue weighted by Gasteiger charge is 1.98. The van der Waals surface area contributed by atoms with Gasteiger partial charge in [-0.15, -0.1) is 0 Å². The van der Waals surface area contributed by atoms with Crippen LogP contribution >= 0.6 is 0 Å². The van der Waals surface area contributed by atoms with Crippen LogP contribution in [0.4, 0.5) is 0 Å². The van der Waals surface area contributed by atoms with Crippen LogP contribution in [0.15, 0.2) is 42.5 Å². The number of benzene rings is 1. The van der Waals surface area contributed by atoms with Gasteiger partial charge >= 0.3 is 0 Å². The molecule has 0 spiro atoms. The van der Waals surface area contributed by atoms with Crippen molar-refractivity contribution >= 4 is 11.8 Å². The van der Waals surface area contributed by atoms with Crippen LogP contribution in [0.3, 0.4) is 0 Å². The Morgan fingerprint density at radius 2 is 2.19 bits per heavy atom. The standard InChI is InChI=1S/C15H19N/c1-3-7-13-8-5-9-15(12-13)14(4-2)10-6-11-16/h4-6,8-12,16H,3,7H2,1-2H3/b10-6-,14-4-,16-11?. The van der Waals surface area contributed by atoms with Crippen LogP contribution in [0.2, 0.25) is 0 Å². The first kappa shape index (κ1) is 12.4. The molecule has 0 heterocycles. The fourth-order valence-corrected chi connectivity index (χ4v) is 1.71. The number of allylic oxidation sites excluding steroid dienone is 4. The lowest BCUT2D eigenvalue weighted by Gasteiger charge is -2.05. The van der Waals surface area contributed by atoms with Crippen LogP contribution in [-0.4, -0.2) is 6.21 Å². The molecule has 84 valence electrons. The molecule has 0 saturated heterocycles. The number of rotatable bonds is 5. The first-order valence-corrected chi connectivity index (χ1v) is 5.74. The predicted molar refractivity (Wildman–Crippen MR) is 72.0 cm³/mol. The van der Waals surface area contributed by atoms with Crippen molar-refractivity contribution in [1.29, 1.82) is 5.41 Å². The van der Waals surface area contributed by atoms with Gasteiger partial charge in [0.1, 0.15) is 0 Å². The summed E-state index contributed by atoms with van der Waals surface area (Å²) in [7, 11) is 0. The van der Waals surface area contributed by atoms with E-state index in [4.69, 9.17) is 5.41 Å². The van der Waals surface area contributed by atoms with Gasteiger partial charge < -0.3 is 5.41 Å². The lowest BCUT2D eigenvalue weighted by molar-refractivity contribution is 0.921. The Morgan fingerprint density at radius 3 is 2.81 bits per heavy atom. The van der Waals surface area contributed by atoms with Gasteiger partial charge in [0, 0.05) is 6.21 Å². The van der Waals surface area contributed by atoms with E-state index in [2.05, 4.69) is 37.3 Å². The zero-order valence-electron chi connectivity index (χ0n) is 10.0. The average molecular weight is 213 g/mol. The zero-order chi connectivity index (χ0) is 11.8. The Hall–Kier alpha value is -1.63. The van der Waals surface area contributed by atoms with E-state index >= 15 is 0 Å². The maximum absolute atomic E-state index is 7.00. The molecular weight excluding hydrogens is 194 g/mol. The number of aryl methyl sites for hydroxylation is 1. The van der Waals surface area contributed by atoms with Crippen LogP contribution < -0.4 is 0 Å². The van der Waals surface area contributed by atoms with Gasteiger partial charge in [-0.3, -0.25) is 0 Å². The minimum Gasteiger partial charge on any atom is -0.309 e. The van der Waals surface area contributed by atoms with Gasteiger partial charge in [0.05, 0.1) is 0 Å². The third-order valence-corrected chi connectivity index (χ3v) is 2.48. The molecule has 1 N–H and O–H groups in total. The molecule has 0 amide bonds. The second-order valence-corrected chi connectivity index (χ2v) is 3.72. The minimum absolute atomic E-state index is 1.12. The van der Waals surface area contributed by atoms with Crippen LogP contribution in [0.5, 0.6) is 0 Å². The van der Waals surface area contributed by atoms with E-state index in [0.29, 0.717) is 0 Å². The van der Waals surface area contributed by atoms with E-state index in [-0.39, 0.29) is 0 Å². The molecule has 1 nitrogen and oxygen atoms in total. The summed E-state index contributed by atoms with van der Waals surface area (Å²) in [6.45, 7) is 4.22. The molecule has 1 aromatic carbocycles. The number of nitrogens with one attached hydrogen (secondary N) is 1. The predicted octanol–water partition coefficient (Wildman–Crippen LogP) is 4.25. The molecule has 0 fully saturated rings. The van der Waals surface area contributed by atoms with Crippen molar-refractivity contribution in [3.63, 3.8) is 0 Å². The molecule has 0 saturated carbocycles. The Labute approximate surface area is 98.0 Å². The summed E-state index contributed by atoms with van der Waals surface area (Å²) in [5.41, 5.74) is 3.77. The van der Waals surface area contributed by atoms with Crippen molar-refractivity contribution in [2.45, 2.75) is 26.7 Å². The van der Waals surface area contributed by atoms with Crippen molar-refractivity contribution in [2.75, 3.05) is 0 Å². The molecule has 0 atom stereocenters. The van der Waals surface area contributed by atoms with E-state index in [1.165, 1.54) is 29.3 Å². The second-order valence-electron chi connectivity index (χ2n) is 3.72. The highest BCUT2D eigenvalue weighted by Crippen LogP contribution is 2.17. The zero-order valence-corrected chi connectivity index (χ0v) is 10.0. The third kappa shape index (κ3) is 3.50. The molecule has 1 heteroatoms. The Balaban J connectivity index is 2.97. The van der Waals surface area contributed by atoms with Gasteiger partial charge in [-0.1, -0.05) is 49.8 Å². The van der Waals surface area contributed by atoms with Crippen molar-refractivity contribution in [3.8, 4) is 0 Å². The molecule has 0 unspecified atom stereocenters. The molecule has 1 rings (SSSR count). The fourth-order valence-electron chi connectivity index (χ4n) is 1.71. The summed E-state index contributed by atoms with van der Waals surface area (Å²) < 4.78 is 0. The fraction of sp³-hybridized carbons (Fsp3) is 0.267. The number of hydrogen-bond acceptors (Lipinski definition) is 1. The largest absolute Gasteiger partial charge is 0.309 e. The van der Waals surface area contributed by atoms with E-state index in [1.54, 1.807) is 6.08 Å². The summed E-state index contributed by atoms with van der Waals surface area (Å²) >= 11 is 0. The van der Waals surface area contributed by atoms with E-state index < -0.39 is 0 Å². The molecule has 1 aromatic rings. The van der Waals surface area contributed by atoms with Crippen molar-refractivity contribution in [1.82, 2.24) is 0 Å². The highest BCUT2D eigenvalue weighted by molar-refractivity contribution is 5.80. The van der Waals surface area contributed by atoms with Crippen molar-refractivity contribution < 1.29 is 0 Å². The van der Waals surface area contributed by atoms with Crippen LogP contribution in [-0.2, 0) is 6.42 Å². The monoisotopic (exact) mass is 213 g/mol. The van der Waals surface area contributed by atoms with Gasteiger partial charge in [-0.25, -0.2) is 0 Å². The molecular formula is C15H19N. The maximum Gasteiger partial charge on any atom is 0.0177 e. The topological polar surface area (TPSA) is 23.9 Å². The van der Waals surface area contributed by atoms with Gasteiger partial charge in [-0.05, 0) is 36.1 Å². The summed E-state index contributed by atoms with van der Waals surface area (Å²) in [4.78, 5) is 0. The maximum atomic E-state index is 7.00. The van der Waals surface area contributed by atoms with Crippen LogP contribution in [0.1, 0.15) is 31.4 Å². The third-order valence-electron chi connectivity index (χ3n) is 2.48. The van der Waals surface area contributed by atoms with Crippen molar-refractivity contribution in [3.05, 3.63) is 53.6 Å². The van der Waals surface area contributed by atoms with Gasteiger partial charge in [0.2, 0.25) is 0 Å². The molecule has 0 aromatic heterocycles. The second kappa shape index (κ2) is 6.78. The van der Waals surface area contributed by atoms with Crippen LogP contribution in [0, 0.1) is 5.41 Å². The molecule has 0 bridgehead atoms. The highest BCUT2D eigenvalue weighted by atomic mass is 14.3. The molecule has 0 radical (unpaired) electrons. The quantitative estimate of drug-likeness (QED) is 0.558. The van der Waals surface area contributed by atoms with E-state index in [9.17, 15) is 0 Å². The normalized spacial score (nSPS) is 12.0. The summed E-state index contributed by atoms with van der Waals surface area (Å²) in [6, 6.07) is 8.61. The van der Waals surface area contributed by atoms with Crippen LogP contribution in [0.25, 0.3) is 5.57 Å². The van der Waals surface area contributed by atoms with E-state index in [1.807, 2.05) is 13.0 Å². The molecule has 0 aliphatic carbocycles. The Kier molecular flexibility index (Phi) is 5.27. The SMILES string of the molecule is C/C=C(/C=C\C=N)c1cccc(CCC)c1. The lowest BCUT2D eigenvalue weighted by atomic mass is 10.0. The van der Waals surface area contributed by atoms with Gasteiger partial charge in [0.15, 0.2) is 0 Å².